The largest absolute Gasteiger partial charge is 0.389 e. The van der Waals surface area contributed by atoms with E-state index in [2.05, 4.69) is 5.32 Å². The summed E-state index contributed by atoms with van der Waals surface area (Å²) in [7, 11) is 0. The molecule has 0 bridgehead atoms. The van der Waals surface area contributed by atoms with E-state index in [1.165, 1.54) is 18.2 Å². The molecule has 0 aromatic heterocycles. The van der Waals surface area contributed by atoms with Gasteiger partial charge in [-0.05, 0) is 30.7 Å². The number of nitrogens with one attached hydrogen (secondary N) is 1. The number of thiocarbonyl (C=S) groups is 1. The molecule has 0 saturated heterocycles. The first kappa shape index (κ1) is 15.4. The fraction of sp³-hybridized carbons (Fsp3) is 0.0667. The molecule has 0 radical (unpaired) electrons. The molecule has 2 aromatic carbocycles. The number of aryl methyl sites for hydroxylation is 1. The zero-order valence-corrected chi connectivity index (χ0v) is 12.7. The van der Waals surface area contributed by atoms with E-state index in [4.69, 9.17) is 29.6 Å². The lowest BCUT2D eigenvalue weighted by atomic mass is 10.1. The summed E-state index contributed by atoms with van der Waals surface area (Å²) in [5.74, 6) is -1.04. The average Bonchev–Trinajstić information content (AvgIpc) is 2.41. The molecule has 0 unspecified atom stereocenters. The van der Waals surface area contributed by atoms with Gasteiger partial charge < -0.3 is 11.1 Å². The number of halogens is 2. The summed E-state index contributed by atoms with van der Waals surface area (Å²) in [5, 5.41) is 2.94. The predicted octanol–water partition coefficient (Wildman–Crippen LogP) is 3.67. The van der Waals surface area contributed by atoms with Gasteiger partial charge in [0.15, 0.2) is 0 Å². The lowest BCUT2D eigenvalue weighted by Gasteiger charge is -2.12. The Hall–Kier alpha value is -1.98. The number of carbonyl (C=O) groups is 1. The zero-order chi connectivity index (χ0) is 15.6. The van der Waals surface area contributed by atoms with E-state index >= 15 is 0 Å². The number of nitrogens with two attached hydrogens (primary N) is 1. The maximum absolute atomic E-state index is 13.8. The maximum atomic E-state index is 13.8. The SMILES string of the molecule is Cc1cccc(C(=O)Nc2cccc(F)c2C(N)=S)c1Cl. The molecule has 0 aliphatic heterocycles. The van der Waals surface area contributed by atoms with Crippen LogP contribution in [0.1, 0.15) is 21.5 Å². The molecule has 3 nitrogen and oxygen atoms in total. The van der Waals surface area contributed by atoms with Gasteiger partial charge in [0.25, 0.3) is 5.91 Å². The number of rotatable bonds is 3. The van der Waals surface area contributed by atoms with E-state index in [0.717, 1.165) is 5.56 Å². The highest BCUT2D eigenvalue weighted by molar-refractivity contribution is 7.80. The second-order valence-corrected chi connectivity index (χ2v) is 5.24. The minimum Gasteiger partial charge on any atom is -0.389 e. The molecule has 21 heavy (non-hydrogen) atoms. The maximum Gasteiger partial charge on any atom is 0.257 e. The minimum atomic E-state index is -0.587. The number of hydrogen-bond acceptors (Lipinski definition) is 2. The second kappa shape index (κ2) is 6.20. The van der Waals surface area contributed by atoms with Crippen molar-refractivity contribution in [3.8, 4) is 0 Å². The quantitative estimate of drug-likeness (QED) is 0.848. The molecule has 0 heterocycles. The summed E-state index contributed by atoms with van der Waals surface area (Å²) in [5.41, 5.74) is 6.79. The Balaban J connectivity index is 2.39. The van der Waals surface area contributed by atoms with Crippen molar-refractivity contribution in [2.75, 3.05) is 5.32 Å². The molecular weight excluding hydrogens is 311 g/mol. The Morgan fingerprint density at radius 1 is 1.29 bits per heavy atom. The topological polar surface area (TPSA) is 55.1 Å². The van der Waals surface area contributed by atoms with E-state index in [9.17, 15) is 9.18 Å². The number of hydrogen-bond donors (Lipinski definition) is 2. The predicted molar refractivity (Wildman–Crippen MR) is 86.4 cm³/mol. The van der Waals surface area contributed by atoms with Crippen molar-refractivity contribution in [2.24, 2.45) is 5.73 Å². The van der Waals surface area contributed by atoms with Crippen LogP contribution in [0.2, 0.25) is 5.02 Å². The van der Waals surface area contributed by atoms with E-state index < -0.39 is 11.7 Å². The lowest BCUT2D eigenvalue weighted by Crippen LogP contribution is -2.19. The molecule has 3 N–H and O–H groups in total. The van der Waals surface area contributed by atoms with Crippen LogP contribution in [0, 0.1) is 12.7 Å². The molecule has 6 heteroatoms. The van der Waals surface area contributed by atoms with Gasteiger partial charge in [-0.1, -0.05) is 42.0 Å². The Morgan fingerprint density at radius 2 is 1.95 bits per heavy atom. The Kier molecular flexibility index (Phi) is 4.55. The van der Waals surface area contributed by atoms with Crippen molar-refractivity contribution in [2.45, 2.75) is 6.92 Å². The minimum absolute atomic E-state index is 0.00428. The normalized spacial score (nSPS) is 10.2. The summed E-state index contributed by atoms with van der Waals surface area (Å²) < 4.78 is 13.8. The average molecular weight is 323 g/mol. The smallest absolute Gasteiger partial charge is 0.257 e. The van der Waals surface area contributed by atoms with Gasteiger partial charge in [0.1, 0.15) is 10.8 Å². The van der Waals surface area contributed by atoms with Crippen molar-refractivity contribution in [3.63, 3.8) is 0 Å². The van der Waals surface area contributed by atoms with Gasteiger partial charge in [0.2, 0.25) is 0 Å². The summed E-state index contributed by atoms with van der Waals surface area (Å²) in [6.07, 6.45) is 0. The Bertz CT molecular complexity index is 734. The summed E-state index contributed by atoms with van der Waals surface area (Å²) in [6.45, 7) is 1.79. The fourth-order valence-electron chi connectivity index (χ4n) is 1.89. The van der Waals surface area contributed by atoms with Crippen LogP contribution in [0.25, 0.3) is 0 Å². The summed E-state index contributed by atoms with van der Waals surface area (Å²) in [6, 6.07) is 9.32. The highest BCUT2D eigenvalue weighted by Crippen LogP contribution is 2.23. The number of benzene rings is 2. The molecule has 0 atom stereocenters. The van der Waals surface area contributed by atoms with Crippen LogP contribution >= 0.6 is 23.8 Å². The highest BCUT2D eigenvalue weighted by Gasteiger charge is 2.16. The van der Waals surface area contributed by atoms with Gasteiger partial charge in [0.05, 0.1) is 21.8 Å². The van der Waals surface area contributed by atoms with Gasteiger partial charge in [0, 0.05) is 0 Å². The van der Waals surface area contributed by atoms with Crippen molar-refractivity contribution in [1.82, 2.24) is 0 Å². The van der Waals surface area contributed by atoms with Gasteiger partial charge in [-0.3, -0.25) is 4.79 Å². The molecule has 1 amide bonds. The van der Waals surface area contributed by atoms with E-state index in [1.54, 1.807) is 25.1 Å². The molecule has 2 aromatic rings. The highest BCUT2D eigenvalue weighted by atomic mass is 35.5. The monoisotopic (exact) mass is 322 g/mol. The number of amides is 1. The van der Waals surface area contributed by atoms with Crippen LogP contribution in [0.4, 0.5) is 10.1 Å². The van der Waals surface area contributed by atoms with Crippen molar-refractivity contribution in [3.05, 3.63) is 63.9 Å². The third-order valence-electron chi connectivity index (χ3n) is 2.94. The third-order valence-corrected chi connectivity index (χ3v) is 3.65. The van der Waals surface area contributed by atoms with Gasteiger partial charge in [-0.25, -0.2) is 4.39 Å². The first-order valence-corrected chi connectivity index (χ1v) is 6.85. The van der Waals surface area contributed by atoms with Crippen molar-refractivity contribution in [1.29, 1.82) is 0 Å². The van der Waals surface area contributed by atoms with Crippen LogP contribution < -0.4 is 11.1 Å². The Labute approximate surface area is 131 Å². The molecule has 2 rings (SSSR count). The van der Waals surface area contributed by atoms with Crippen LogP contribution in [0.3, 0.4) is 0 Å². The molecule has 0 aliphatic carbocycles. The molecule has 0 spiro atoms. The van der Waals surface area contributed by atoms with E-state index in [1.807, 2.05) is 0 Å². The zero-order valence-electron chi connectivity index (χ0n) is 11.1. The first-order chi connectivity index (χ1) is 9.91. The van der Waals surface area contributed by atoms with Gasteiger partial charge in [-0.15, -0.1) is 0 Å². The molecule has 0 fully saturated rings. The summed E-state index contributed by atoms with van der Waals surface area (Å²) in [4.78, 5) is 12.1. The Morgan fingerprint density at radius 3 is 2.62 bits per heavy atom. The molecular formula is C15H12ClFN2OS. The molecule has 0 aliphatic rings. The van der Waals surface area contributed by atoms with Crippen LogP contribution in [0.5, 0.6) is 0 Å². The lowest BCUT2D eigenvalue weighted by molar-refractivity contribution is 0.102. The van der Waals surface area contributed by atoms with Gasteiger partial charge in [-0.2, -0.15) is 0 Å². The first-order valence-electron chi connectivity index (χ1n) is 6.06. The second-order valence-electron chi connectivity index (χ2n) is 4.42. The molecule has 0 saturated carbocycles. The van der Waals surface area contributed by atoms with Gasteiger partial charge >= 0.3 is 0 Å². The van der Waals surface area contributed by atoms with Crippen LogP contribution in [0.15, 0.2) is 36.4 Å². The number of carbonyl (C=O) groups excluding carboxylic acids is 1. The summed E-state index contributed by atoms with van der Waals surface area (Å²) >= 11 is 10.9. The van der Waals surface area contributed by atoms with Crippen molar-refractivity contribution >= 4 is 40.4 Å². The number of anilines is 1. The van der Waals surface area contributed by atoms with E-state index in [0.29, 0.717) is 10.6 Å². The van der Waals surface area contributed by atoms with Crippen LogP contribution in [-0.2, 0) is 0 Å². The van der Waals surface area contributed by atoms with Crippen LogP contribution in [-0.4, -0.2) is 10.9 Å². The fourth-order valence-corrected chi connectivity index (χ4v) is 2.31. The van der Waals surface area contributed by atoms with Crippen molar-refractivity contribution < 1.29 is 9.18 Å². The standard InChI is InChI=1S/C15H12ClFN2OS/c1-8-4-2-5-9(13(8)16)15(20)19-11-7-3-6-10(17)12(11)14(18)21/h2-7H,1H3,(H2,18,21)(H,19,20). The third kappa shape index (κ3) is 3.20. The van der Waals surface area contributed by atoms with E-state index in [-0.39, 0.29) is 16.2 Å². The molecule has 108 valence electrons.